The Balaban J connectivity index is 0.000000174. The summed E-state index contributed by atoms with van der Waals surface area (Å²) in [7, 11) is 0. The SMILES string of the molecule is C[B-](n1cccn1)(n1cccn1)n1cccn1.N.N.[Ca+2].[Li+].c1cnn([B-](n2cccn2)(n2cccn2)n2cccn2)c1.c1cnn([B-](n2cccn2)(n2cccn2)n2cccn2)c1. The van der Waals surface area contributed by atoms with E-state index in [1.807, 2.05) is 185 Å². The molecule has 6 N–H and O–H groups in total. The summed E-state index contributed by atoms with van der Waals surface area (Å²) in [5, 5.41) is 48.3. The van der Waals surface area contributed by atoms with Crippen molar-refractivity contribution >= 4 is 57.7 Å². The van der Waals surface area contributed by atoms with Crippen molar-refractivity contribution in [3.63, 3.8) is 0 Å². The molecular weight excluding hydrogens is 824 g/mol. The fourth-order valence-corrected chi connectivity index (χ4v) is 7.41. The van der Waals surface area contributed by atoms with Crippen LogP contribution in [0.1, 0.15) is 0 Å². The van der Waals surface area contributed by atoms with Crippen LogP contribution in [-0.4, -0.2) is 164 Å². The Morgan fingerprint density at radius 2 is 0.381 bits per heavy atom. The van der Waals surface area contributed by atoms with E-state index >= 15 is 0 Å². The minimum Gasteiger partial charge on any atom is -0.400 e. The Hall–Kier alpha value is -6.72. The van der Waals surface area contributed by atoms with Gasteiger partial charge in [-0.25, -0.2) is 56.1 Å². The van der Waals surface area contributed by atoms with E-state index < -0.39 is 19.9 Å². The van der Waals surface area contributed by atoms with E-state index in [0.29, 0.717) is 0 Å². The molecule has 11 aromatic heterocycles. The van der Waals surface area contributed by atoms with Crippen molar-refractivity contribution in [2.24, 2.45) is 0 Å². The third kappa shape index (κ3) is 8.45. The molecule has 0 aliphatic carbocycles. The minimum absolute atomic E-state index is 0. The first-order valence-electron chi connectivity index (χ1n) is 18.6. The molecule has 0 aromatic carbocycles. The van der Waals surface area contributed by atoms with Gasteiger partial charge in [-0.2, -0.15) is 0 Å². The first-order chi connectivity index (χ1) is 29.2. The van der Waals surface area contributed by atoms with E-state index in [-0.39, 0.29) is 68.9 Å². The third-order valence-electron chi connectivity index (χ3n) is 10.1. The zero-order valence-electron chi connectivity index (χ0n) is 34.7. The van der Waals surface area contributed by atoms with Crippen LogP contribution < -0.4 is 31.2 Å². The van der Waals surface area contributed by atoms with Crippen molar-refractivity contribution in [3.8, 4) is 0 Å². The van der Waals surface area contributed by atoms with Crippen LogP contribution in [0.4, 0.5) is 0 Å². The van der Waals surface area contributed by atoms with Gasteiger partial charge in [0, 0.05) is 68.2 Å². The van der Waals surface area contributed by atoms with Crippen molar-refractivity contribution in [1.29, 1.82) is 0 Å². The molecule has 0 bridgehead atoms. The van der Waals surface area contributed by atoms with Gasteiger partial charge in [0.2, 0.25) is 0 Å². The average Bonchev–Trinajstić information content (AvgIpc) is 4.11. The first-order valence-corrected chi connectivity index (χ1v) is 18.6. The van der Waals surface area contributed by atoms with Gasteiger partial charge in [0.25, 0.3) is 0 Å². The topological polar surface area (TPSA) is 266 Å². The molecule has 310 valence electrons. The Morgan fingerprint density at radius 3 is 0.492 bits per heavy atom. The van der Waals surface area contributed by atoms with Crippen LogP contribution in [0.2, 0.25) is 6.82 Å². The molecule has 63 heavy (non-hydrogen) atoms. The van der Waals surface area contributed by atoms with Crippen molar-refractivity contribution < 1.29 is 18.9 Å². The smallest absolute Gasteiger partial charge is 0.400 e. The third-order valence-corrected chi connectivity index (χ3v) is 10.1. The number of nitrogens with zero attached hydrogens (tertiary/aromatic N) is 22. The summed E-state index contributed by atoms with van der Waals surface area (Å²) in [5.41, 5.74) is 0. The van der Waals surface area contributed by atoms with Crippen molar-refractivity contribution in [2.75, 3.05) is 0 Å². The van der Waals surface area contributed by atoms with Crippen molar-refractivity contribution in [3.05, 3.63) is 203 Å². The van der Waals surface area contributed by atoms with Crippen LogP contribution in [0.3, 0.4) is 0 Å². The summed E-state index contributed by atoms with van der Waals surface area (Å²) in [4.78, 5) is 0. The normalized spacial score (nSPS) is 11.1. The maximum Gasteiger partial charge on any atom is 2.00 e. The fourth-order valence-electron chi connectivity index (χ4n) is 7.41. The molecule has 11 aromatic rings. The van der Waals surface area contributed by atoms with Crippen molar-refractivity contribution in [1.82, 2.24) is 119 Å². The van der Waals surface area contributed by atoms with E-state index in [4.69, 9.17) is 0 Å². The van der Waals surface area contributed by atoms with Gasteiger partial charge in [-0.3, -0.25) is 0 Å². The number of aromatic nitrogens is 22. The molecule has 0 fully saturated rings. The second-order valence-corrected chi connectivity index (χ2v) is 13.4. The molecule has 0 saturated heterocycles. The summed E-state index contributed by atoms with van der Waals surface area (Å²) < 4.78 is 20.1. The number of rotatable bonds is 11. The Morgan fingerprint density at radius 1 is 0.254 bits per heavy atom. The van der Waals surface area contributed by atoms with Crippen LogP contribution in [0.15, 0.2) is 203 Å². The molecule has 0 aliphatic rings. The van der Waals surface area contributed by atoms with E-state index in [9.17, 15) is 0 Å². The second-order valence-electron chi connectivity index (χ2n) is 13.4. The molecule has 29 heteroatoms. The molecule has 11 heterocycles. The van der Waals surface area contributed by atoms with E-state index in [1.54, 1.807) is 68.2 Å². The number of hydrogen-bond donors (Lipinski definition) is 2. The average molecular weight is 866 g/mol. The van der Waals surface area contributed by atoms with Gasteiger partial charge in [-0.05, 0) is 135 Å². The summed E-state index contributed by atoms with van der Waals surface area (Å²) in [6, 6.07) is 20.6. The molecule has 0 unspecified atom stereocenters. The first kappa shape index (κ1) is 47.3. The maximum atomic E-state index is 4.42. The molecule has 0 amide bonds. The van der Waals surface area contributed by atoms with Crippen LogP contribution >= 0.6 is 0 Å². The van der Waals surface area contributed by atoms with Gasteiger partial charge in [0.1, 0.15) is 0 Å². The Kier molecular flexibility index (Phi) is 15.7. The van der Waals surface area contributed by atoms with Gasteiger partial charge >= 0.3 is 76.5 Å². The summed E-state index contributed by atoms with van der Waals surface area (Å²) in [6.45, 7) is -2.98. The molecule has 0 atom stereocenters. The standard InChI is InChI=1S/2C12H12BN8.C10H12BN6.Ca.Li.2H3N/c2*1-5-14-18(9-1)13(19-10-2-6-15-19,20-11-3-7-16-20)21-12-4-8-17-21;1-11(15-8-2-5-12-15,16-9-3-6-13-16)17-10-4-7-14-17;;;;/h2*1-12H;2-10H,1H3;;;2*1H3/q3*-1;+2;+1;;. The summed E-state index contributed by atoms with van der Waals surface area (Å²) in [6.07, 6.45) is 39.9. The zero-order valence-corrected chi connectivity index (χ0v) is 37.0. The quantitative estimate of drug-likeness (QED) is 0.141. The Bertz CT molecular complexity index is 2260. The van der Waals surface area contributed by atoms with Crippen LogP contribution in [0.5, 0.6) is 0 Å². The van der Waals surface area contributed by atoms with Crippen molar-refractivity contribution in [2.45, 2.75) is 6.82 Å². The van der Waals surface area contributed by atoms with Gasteiger partial charge in [-0.1, -0.05) is 0 Å². The van der Waals surface area contributed by atoms with E-state index in [1.165, 1.54) is 0 Å². The monoisotopic (exact) mass is 866 g/mol. The molecule has 0 aliphatic heterocycles. The second kappa shape index (κ2) is 20.9. The molecule has 0 spiro atoms. The van der Waals surface area contributed by atoms with Gasteiger partial charge in [0.05, 0.1) is 0 Å². The predicted octanol–water partition coefficient (Wildman–Crippen LogP) is -1.46. The zero-order chi connectivity index (χ0) is 40.0. The number of hydrogen-bond acceptors (Lipinski definition) is 13. The van der Waals surface area contributed by atoms with Crippen LogP contribution in [0.25, 0.3) is 0 Å². The Labute approximate surface area is 402 Å². The maximum absolute atomic E-state index is 4.42. The largest absolute Gasteiger partial charge is 2.00 e. The van der Waals surface area contributed by atoms with Gasteiger partial charge < -0.3 is 62.8 Å². The fraction of sp³-hybridized carbons (Fsp3) is 0.0294. The van der Waals surface area contributed by atoms with Crippen LogP contribution in [0, 0.1) is 0 Å². The molecular formula is C34H42B3CaLiN24. The minimum atomic E-state index is -1.83. The molecule has 11 rings (SSSR count). The predicted molar refractivity (Wildman–Crippen MR) is 233 cm³/mol. The molecule has 0 saturated carbocycles. The van der Waals surface area contributed by atoms with E-state index in [2.05, 4.69) is 62.9 Å². The van der Waals surface area contributed by atoms with E-state index in [0.717, 1.165) is 0 Å². The summed E-state index contributed by atoms with van der Waals surface area (Å²) in [5.74, 6) is 0. The van der Waals surface area contributed by atoms with Gasteiger partial charge in [-0.15, -0.1) is 6.82 Å². The van der Waals surface area contributed by atoms with Crippen LogP contribution in [-0.2, 0) is 0 Å². The summed E-state index contributed by atoms with van der Waals surface area (Å²) >= 11 is 0. The molecule has 0 radical (unpaired) electrons. The molecule has 24 nitrogen and oxygen atoms in total. The van der Waals surface area contributed by atoms with Gasteiger partial charge in [0.15, 0.2) is 0 Å².